The molecule has 3 fully saturated rings. The molecule has 6 heteroatoms. The molecule has 0 aliphatic carbocycles. The van der Waals surface area contributed by atoms with E-state index < -0.39 is 8.80 Å². The standard InChI is InChI=1S/C12H15NO4Si/c14-12-10-13-6-8-15-18(17-12,16-9-7-13)11-4-2-1-3-5-11/h1-5H,6-10H2. The van der Waals surface area contributed by atoms with Crippen molar-refractivity contribution < 1.29 is 18.1 Å². The van der Waals surface area contributed by atoms with E-state index in [9.17, 15) is 4.79 Å². The van der Waals surface area contributed by atoms with Crippen LogP contribution < -0.4 is 5.19 Å². The molecule has 18 heavy (non-hydrogen) atoms. The van der Waals surface area contributed by atoms with Crippen molar-refractivity contribution in [1.29, 1.82) is 0 Å². The van der Waals surface area contributed by atoms with Crippen LogP contribution in [0.5, 0.6) is 0 Å². The van der Waals surface area contributed by atoms with E-state index in [0.29, 0.717) is 19.8 Å². The Morgan fingerprint density at radius 1 is 1.06 bits per heavy atom. The fraction of sp³-hybridized carbons (Fsp3) is 0.417. The first-order valence-corrected chi connectivity index (χ1v) is 7.79. The Morgan fingerprint density at radius 2 is 1.72 bits per heavy atom. The Balaban J connectivity index is 1.97. The van der Waals surface area contributed by atoms with Crippen molar-refractivity contribution in [3.05, 3.63) is 30.3 Å². The predicted molar refractivity (Wildman–Crippen MR) is 66.3 cm³/mol. The van der Waals surface area contributed by atoms with Gasteiger partial charge in [-0.3, -0.25) is 9.69 Å². The van der Waals surface area contributed by atoms with Crippen LogP contribution in [0.2, 0.25) is 0 Å². The van der Waals surface area contributed by atoms with Gasteiger partial charge < -0.3 is 13.3 Å². The molecule has 3 saturated heterocycles. The van der Waals surface area contributed by atoms with Crippen molar-refractivity contribution >= 4 is 20.0 Å². The van der Waals surface area contributed by atoms with Crippen LogP contribution in [-0.2, 0) is 18.1 Å². The average Bonchev–Trinajstić information content (AvgIpc) is 2.32. The molecule has 3 aliphatic heterocycles. The molecule has 3 aliphatic rings. The van der Waals surface area contributed by atoms with Crippen LogP contribution >= 0.6 is 0 Å². The number of carbonyl (C=O) groups excluding carboxylic acids is 1. The summed E-state index contributed by atoms with van der Waals surface area (Å²) >= 11 is 0. The Kier molecular flexibility index (Phi) is 3.17. The lowest BCUT2D eigenvalue weighted by molar-refractivity contribution is -0.144. The molecule has 2 bridgehead atoms. The highest BCUT2D eigenvalue weighted by Gasteiger charge is 2.50. The highest BCUT2D eigenvalue weighted by Crippen LogP contribution is 2.16. The lowest BCUT2D eigenvalue weighted by atomic mass is 10.4. The molecular weight excluding hydrogens is 250 g/mol. The minimum Gasteiger partial charge on any atom is -0.469 e. The summed E-state index contributed by atoms with van der Waals surface area (Å²) in [6.45, 7) is 2.90. The molecule has 5 nitrogen and oxygen atoms in total. The van der Waals surface area contributed by atoms with E-state index in [-0.39, 0.29) is 5.97 Å². The van der Waals surface area contributed by atoms with Gasteiger partial charge in [-0.15, -0.1) is 0 Å². The second-order valence-corrected chi connectivity index (χ2v) is 6.84. The maximum Gasteiger partial charge on any atom is 0.604 e. The highest BCUT2D eigenvalue weighted by molar-refractivity contribution is 6.76. The largest absolute Gasteiger partial charge is 0.604 e. The van der Waals surface area contributed by atoms with Crippen LogP contribution in [-0.4, -0.2) is 52.5 Å². The number of carbonyl (C=O) groups is 1. The van der Waals surface area contributed by atoms with Crippen molar-refractivity contribution in [3.8, 4) is 0 Å². The molecule has 0 unspecified atom stereocenters. The third kappa shape index (κ3) is 2.19. The Hall–Kier alpha value is -1.21. The van der Waals surface area contributed by atoms with Gasteiger partial charge in [0.15, 0.2) is 0 Å². The van der Waals surface area contributed by atoms with E-state index in [1.54, 1.807) is 0 Å². The Morgan fingerprint density at radius 3 is 2.39 bits per heavy atom. The minimum atomic E-state index is -3.04. The van der Waals surface area contributed by atoms with Crippen LogP contribution in [0.3, 0.4) is 0 Å². The van der Waals surface area contributed by atoms with Gasteiger partial charge in [-0.2, -0.15) is 0 Å². The van der Waals surface area contributed by atoms with Gasteiger partial charge in [0.05, 0.1) is 19.8 Å². The summed E-state index contributed by atoms with van der Waals surface area (Å²) in [5, 5.41) is 0.855. The van der Waals surface area contributed by atoms with Crippen molar-refractivity contribution in [2.45, 2.75) is 0 Å². The van der Waals surface area contributed by atoms with Crippen molar-refractivity contribution in [2.75, 3.05) is 32.8 Å². The van der Waals surface area contributed by atoms with Crippen LogP contribution in [0.4, 0.5) is 0 Å². The zero-order valence-corrected chi connectivity index (χ0v) is 11.0. The van der Waals surface area contributed by atoms with Gasteiger partial charge in [0, 0.05) is 18.3 Å². The maximum absolute atomic E-state index is 11.8. The third-order valence-electron chi connectivity index (χ3n) is 3.13. The van der Waals surface area contributed by atoms with E-state index in [0.717, 1.165) is 18.3 Å². The van der Waals surface area contributed by atoms with E-state index in [1.807, 2.05) is 35.2 Å². The quantitative estimate of drug-likeness (QED) is 0.655. The van der Waals surface area contributed by atoms with Crippen LogP contribution in [0.25, 0.3) is 0 Å². The molecule has 0 amide bonds. The number of fused-ring (bicyclic) bond motifs is 6. The smallest absolute Gasteiger partial charge is 0.469 e. The second kappa shape index (κ2) is 4.81. The van der Waals surface area contributed by atoms with E-state index in [4.69, 9.17) is 13.3 Å². The zero-order chi connectivity index (χ0) is 12.4. The van der Waals surface area contributed by atoms with Crippen molar-refractivity contribution in [3.63, 3.8) is 0 Å². The van der Waals surface area contributed by atoms with Gasteiger partial charge in [0.2, 0.25) is 0 Å². The van der Waals surface area contributed by atoms with Crippen molar-refractivity contribution in [2.24, 2.45) is 0 Å². The lowest BCUT2D eigenvalue weighted by Gasteiger charge is -2.37. The first kappa shape index (κ1) is 11.9. The van der Waals surface area contributed by atoms with Gasteiger partial charge in [-0.25, -0.2) is 0 Å². The summed E-state index contributed by atoms with van der Waals surface area (Å²) in [4.78, 5) is 13.8. The molecule has 0 spiro atoms. The van der Waals surface area contributed by atoms with E-state index in [1.165, 1.54) is 0 Å². The van der Waals surface area contributed by atoms with E-state index >= 15 is 0 Å². The molecule has 1 aromatic carbocycles. The van der Waals surface area contributed by atoms with Crippen LogP contribution in [0.15, 0.2) is 30.3 Å². The van der Waals surface area contributed by atoms with Crippen molar-refractivity contribution in [1.82, 2.24) is 4.90 Å². The third-order valence-corrected chi connectivity index (χ3v) is 5.83. The molecule has 0 atom stereocenters. The summed E-state index contributed by atoms with van der Waals surface area (Å²) in [6.07, 6.45) is 0. The molecule has 0 radical (unpaired) electrons. The maximum atomic E-state index is 11.8. The van der Waals surface area contributed by atoms with Crippen LogP contribution in [0, 0.1) is 0 Å². The van der Waals surface area contributed by atoms with Gasteiger partial charge >= 0.3 is 14.8 Å². The highest BCUT2D eigenvalue weighted by atomic mass is 28.4. The first-order valence-electron chi connectivity index (χ1n) is 6.06. The molecule has 0 N–H and O–H groups in total. The summed E-state index contributed by atoms with van der Waals surface area (Å²) in [7, 11) is -3.04. The lowest BCUT2D eigenvalue weighted by Crippen LogP contribution is -2.63. The zero-order valence-electron chi connectivity index (χ0n) is 10.0. The summed E-state index contributed by atoms with van der Waals surface area (Å²) in [5.41, 5.74) is 0. The molecule has 3 heterocycles. The molecule has 1 aromatic rings. The van der Waals surface area contributed by atoms with Gasteiger partial charge in [-0.05, 0) is 0 Å². The first-order chi connectivity index (χ1) is 8.78. The monoisotopic (exact) mass is 265 g/mol. The van der Waals surface area contributed by atoms with Gasteiger partial charge in [0.25, 0.3) is 0 Å². The van der Waals surface area contributed by atoms with Gasteiger partial charge in [-0.1, -0.05) is 30.3 Å². The van der Waals surface area contributed by atoms with Crippen LogP contribution in [0.1, 0.15) is 0 Å². The minimum absolute atomic E-state index is 0.259. The number of nitrogens with zero attached hydrogens (tertiary/aromatic N) is 1. The summed E-state index contributed by atoms with van der Waals surface area (Å²) in [5.74, 6) is -0.259. The molecule has 4 rings (SSSR count). The molecular formula is C12H15NO4Si. The number of hydrogen-bond acceptors (Lipinski definition) is 5. The summed E-state index contributed by atoms with van der Waals surface area (Å²) < 4.78 is 17.2. The molecule has 0 aromatic heterocycles. The Bertz CT molecular complexity index is 429. The fourth-order valence-electron chi connectivity index (χ4n) is 2.22. The normalized spacial score (nSPS) is 32.2. The number of hydrogen-bond donors (Lipinski definition) is 0. The SMILES string of the molecule is O=C1CN2CCO[Si](c3ccccc3)(OCC2)O1. The number of rotatable bonds is 1. The topological polar surface area (TPSA) is 48.0 Å². The Labute approximate surface area is 107 Å². The average molecular weight is 265 g/mol. The van der Waals surface area contributed by atoms with E-state index in [2.05, 4.69) is 0 Å². The number of benzene rings is 1. The predicted octanol–water partition coefficient (Wildman–Crippen LogP) is -0.262. The molecule has 96 valence electrons. The fourth-order valence-corrected chi connectivity index (χ4v) is 4.56. The molecule has 0 saturated carbocycles. The second-order valence-electron chi connectivity index (χ2n) is 4.37. The summed E-state index contributed by atoms with van der Waals surface area (Å²) in [6, 6.07) is 9.54. The van der Waals surface area contributed by atoms with Gasteiger partial charge in [0.1, 0.15) is 0 Å².